The molecule has 7 nitrogen and oxygen atoms in total. The molecule has 0 N–H and O–H groups in total. The fourth-order valence-corrected chi connectivity index (χ4v) is 4.95. The van der Waals surface area contributed by atoms with E-state index < -0.39 is 6.10 Å². The van der Waals surface area contributed by atoms with Gasteiger partial charge in [-0.25, -0.2) is 0 Å². The van der Waals surface area contributed by atoms with Gasteiger partial charge in [0.25, 0.3) is 0 Å². The number of likely N-dealkylation sites (tertiary alicyclic amines) is 1. The van der Waals surface area contributed by atoms with Crippen LogP contribution in [0.5, 0.6) is 11.5 Å². The number of fused-ring (bicyclic) bond motifs is 1. The molecule has 2 aliphatic rings. The number of thioether (sulfide) groups is 1. The molecule has 32 heavy (non-hydrogen) atoms. The highest BCUT2D eigenvalue weighted by Crippen LogP contribution is 2.37. The van der Waals surface area contributed by atoms with Gasteiger partial charge in [0, 0.05) is 18.8 Å². The molecular formula is C24H26N4O3S. The Bertz CT molecular complexity index is 1060. The number of nitrogens with zero attached hydrogens (tertiary/aromatic N) is 4. The fourth-order valence-electron chi connectivity index (χ4n) is 4.09. The van der Waals surface area contributed by atoms with Crippen molar-refractivity contribution in [2.75, 3.05) is 25.4 Å². The van der Waals surface area contributed by atoms with Crippen LogP contribution in [0.25, 0.3) is 5.69 Å². The van der Waals surface area contributed by atoms with Crippen molar-refractivity contribution in [3.63, 3.8) is 0 Å². The molecule has 0 radical (unpaired) electrons. The van der Waals surface area contributed by atoms with Gasteiger partial charge in [-0.3, -0.25) is 9.36 Å². The zero-order valence-corrected chi connectivity index (χ0v) is 18.7. The van der Waals surface area contributed by atoms with Crippen molar-refractivity contribution in [3.8, 4) is 17.2 Å². The van der Waals surface area contributed by atoms with E-state index in [1.807, 2.05) is 64.1 Å². The molecule has 1 saturated heterocycles. The summed E-state index contributed by atoms with van der Waals surface area (Å²) < 4.78 is 14.1. The minimum absolute atomic E-state index is 0.159. The van der Waals surface area contributed by atoms with E-state index in [2.05, 4.69) is 10.2 Å². The summed E-state index contributed by atoms with van der Waals surface area (Å²) in [6.45, 7) is 2.05. The summed E-state index contributed by atoms with van der Waals surface area (Å²) in [6, 6.07) is 17.6. The molecule has 1 atom stereocenters. The molecule has 1 amide bonds. The Labute approximate surface area is 191 Å². The van der Waals surface area contributed by atoms with Crippen LogP contribution in [0.15, 0.2) is 59.8 Å². The van der Waals surface area contributed by atoms with Gasteiger partial charge in [0.15, 0.2) is 28.6 Å². The van der Waals surface area contributed by atoms with Crippen molar-refractivity contribution < 1.29 is 14.3 Å². The van der Waals surface area contributed by atoms with E-state index in [4.69, 9.17) is 9.47 Å². The number of hydrogen-bond donors (Lipinski definition) is 0. The van der Waals surface area contributed by atoms with E-state index in [0.717, 1.165) is 37.4 Å². The van der Waals surface area contributed by atoms with Crippen LogP contribution in [0.4, 0.5) is 0 Å². The summed E-state index contributed by atoms with van der Waals surface area (Å²) in [7, 11) is 0. The van der Waals surface area contributed by atoms with Crippen molar-refractivity contribution in [2.45, 2.75) is 36.9 Å². The summed E-state index contributed by atoms with van der Waals surface area (Å²) in [6.07, 6.45) is 4.18. The van der Waals surface area contributed by atoms with E-state index in [0.29, 0.717) is 29.1 Å². The first kappa shape index (κ1) is 20.9. The third kappa shape index (κ3) is 4.46. The molecule has 0 spiro atoms. The van der Waals surface area contributed by atoms with Crippen LogP contribution in [0, 0.1) is 0 Å². The highest BCUT2D eigenvalue weighted by molar-refractivity contribution is 7.99. The number of hydrogen-bond acceptors (Lipinski definition) is 6. The number of para-hydroxylation sites is 3. The van der Waals surface area contributed by atoms with Gasteiger partial charge in [0.1, 0.15) is 6.61 Å². The summed E-state index contributed by atoms with van der Waals surface area (Å²) in [4.78, 5) is 14.8. The van der Waals surface area contributed by atoms with E-state index in [9.17, 15) is 4.79 Å². The maximum Gasteiger partial charge on any atom is 0.233 e. The molecule has 3 aromatic rings. The van der Waals surface area contributed by atoms with Crippen LogP contribution in [-0.4, -0.2) is 51.0 Å². The summed E-state index contributed by atoms with van der Waals surface area (Å²) in [5.74, 6) is 2.59. The quantitative estimate of drug-likeness (QED) is 0.541. The summed E-state index contributed by atoms with van der Waals surface area (Å²) in [5.41, 5.74) is 0.930. The molecule has 2 aliphatic heterocycles. The number of ether oxygens (including phenoxy) is 2. The average Bonchev–Trinajstić information content (AvgIpc) is 3.07. The molecule has 3 heterocycles. The lowest BCUT2D eigenvalue weighted by Gasteiger charge is -2.26. The largest absolute Gasteiger partial charge is 0.485 e. The lowest BCUT2D eigenvalue weighted by atomic mass is 10.2. The van der Waals surface area contributed by atoms with Crippen LogP contribution in [0.3, 0.4) is 0 Å². The molecule has 0 saturated carbocycles. The second kappa shape index (κ2) is 9.65. The first-order valence-corrected chi connectivity index (χ1v) is 12.1. The Balaban J connectivity index is 1.39. The van der Waals surface area contributed by atoms with Crippen LogP contribution >= 0.6 is 11.8 Å². The van der Waals surface area contributed by atoms with Crippen LogP contribution in [-0.2, 0) is 4.79 Å². The molecule has 5 rings (SSSR count). The van der Waals surface area contributed by atoms with Crippen LogP contribution in [0.1, 0.15) is 37.6 Å². The van der Waals surface area contributed by atoms with Gasteiger partial charge in [0.05, 0.1) is 5.75 Å². The predicted octanol–water partition coefficient (Wildman–Crippen LogP) is 4.27. The van der Waals surface area contributed by atoms with E-state index >= 15 is 0 Å². The first-order chi connectivity index (χ1) is 15.8. The van der Waals surface area contributed by atoms with Gasteiger partial charge >= 0.3 is 0 Å². The normalized spacial score (nSPS) is 18.2. The maximum atomic E-state index is 12.8. The Hall–Kier alpha value is -3.00. The van der Waals surface area contributed by atoms with Crippen molar-refractivity contribution in [1.82, 2.24) is 19.7 Å². The summed E-state index contributed by atoms with van der Waals surface area (Å²) >= 11 is 1.42. The molecule has 8 heteroatoms. The maximum absolute atomic E-state index is 12.8. The number of benzene rings is 2. The lowest BCUT2D eigenvalue weighted by molar-refractivity contribution is -0.128. The fraction of sp³-hybridized carbons (Fsp3) is 0.375. The summed E-state index contributed by atoms with van der Waals surface area (Å²) in [5, 5.41) is 9.56. The average molecular weight is 451 g/mol. The molecule has 1 fully saturated rings. The van der Waals surface area contributed by atoms with Crippen LogP contribution in [0.2, 0.25) is 0 Å². The number of amides is 1. The topological polar surface area (TPSA) is 69.5 Å². The highest BCUT2D eigenvalue weighted by atomic mass is 32.2. The Morgan fingerprint density at radius 3 is 2.44 bits per heavy atom. The van der Waals surface area contributed by atoms with Gasteiger partial charge in [-0.05, 0) is 37.1 Å². The van der Waals surface area contributed by atoms with Gasteiger partial charge in [-0.1, -0.05) is 54.9 Å². The molecule has 0 unspecified atom stereocenters. The number of carbonyl (C=O) groups excluding carboxylic acids is 1. The zero-order valence-electron chi connectivity index (χ0n) is 17.9. The van der Waals surface area contributed by atoms with E-state index in [1.54, 1.807) is 0 Å². The number of carbonyl (C=O) groups is 1. The molecule has 0 bridgehead atoms. The van der Waals surface area contributed by atoms with Crippen LogP contribution < -0.4 is 9.47 Å². The molecule has 1 aromatic heterocycles. The zero-order chi connectivity index (χ0) is 21.8. The third-order valence-electron chi connectivity index (χ3n) is 5.75. The van der Waals surface area contributed by atoms with Crippen molar-refractivity contribution in [2.24, 2.45) is 0 Å². The number of rotatable bonds is 5. The number of aromatic nitrogens is 3. The van der Waals surface area contributed by atoms with Gasteiger partial charge in [-0.2, -0.15) is 0 Å². The minimum Gasteiger partial charge on any atom is -0.485 e. The minimum atomic E-state index is -0.395. The predicted molar refractivity (Wildman–Crippen MR) is 122 cm³/mol. The van der Waals surface area contributed by atoms with Gasteiger partial charge in [-0.15, -0.1) is 10.2 Å². The van der Waals surface area contributed by atoms with Crippen molar-refractivity contribution in [1.29, 1.82) is 0 Å². The Morgan fingerprint density at radius 2 is 1.66 bits per heavy atom. The first-order valence-electron chi connectivity index (χ1n) is 11.1. The molecule has 166 valence electrons. The van der Waals surface area contributed by atoms with Crippen molar-refractivity contribution >= 4 is 17.7 Å². The second-order valence-electron chi connectivity index (χ2n) is 7.96. The lowest BCUT2D eigenvalue weighted by Crippen LogP contribution is -2.33. The Kier molecular flexibility index (Phi) is 6.29. The smallest absolute Gasteiger partial charge is 0.233 e. The van der Waals surface area contributed by atoms with E-state index in [1.165, 1.54) is 24.6 Å². The van der Waals surface area contributed by atoms with Gasteiger partial charge in [0.2, 0.25) is 5.91 Å². The second-order valence-corrected chi connectivity index (χ2v) is 8.90. The monoisotopic (exact) mass is 450 g/mol. The SMILES string of the molecule is O=C(CSc1nnc([C@H]2COc3ccccc3O2)n1-c1ccccc1)N1CCCCCC1. The third-order valence-corrected chi connectivity index (χ3v) is 6.67. The van der Waals surface area contributed by atoms with E-state index in [-0.39, 0.29) is 5.91 Å². The van der Waals surface area contributed by atoms with Gasteiger partial charge < -0.3 is 14.4 Å². The van der Waals surface area contributed by atoms with Crippen molar-refractivity contribution in [3.05, 3.63) is 60.4 Å². The highest BCUT2D eigenvalue weighted by Gasteiger charge is 2.29. The molecule has 2 aromatic carbocycles. The standard InChI is InChI=1S/C24H26N4O3S/c29-22(27-14-8-1-2-9-15-27)17-32-24-26-25-23(28(24)18-10-4-3-5-11-18)21-16-30-19-12-6-7-13-20(19)31-21/h3-7,10-13,21H,1-2,8-9,14-17H2/t21-/m1/s1. The molecule has 0 aliphatic carbocycles. The molecular weight excluding hydrogens is 424 g/mol. The Morgan fingerprint density at radius 1 is 0.938 bits per heavy atom.